The third-order valence-electron chi connectivity index (χ3n) is 2.95. The van der Waals surface area contributed by atoms with Crippen LogP contribution in [-0.2, 0) is 16.8 Å². The van der Waals surface area contributed by atoms with Crippen LogP contribution >= 0.6 is 0 Å². The van der Waals surface area contributed by atoms with E-state index in [9.17, 15) is 0 Å². The maximum absolute atomic E-state index is 5.92. The van der Waals surface area contributed by atoms with Crippen molar-refractivity contribution in [2.24, 2.45) is 0 Å². The van der Waals surface area contributed by atoms with E-state index in [0.717, 1.165) is 11.3 Å². The van der Waals surface area contributed by atoms with Crippen molar-refractivity contribution in [3.05, 3.63) is 41.7 Å². The van der Waals surface area contributed by atoms with Crippen molar-refractivity contribution in [1.82, 2.24) is 9.97 Å². The molecule has 2 N–H and O–H groups in total. The van der Waals surface area contributed by atoms with Crippen molar-refractivity contribution in [3.63, 3.8) is 0 Å². The van der Waals surface area contributed by atoms with Gasteiger partial charge < -0.3 is 15.2 Å². The summed E-state index contributed by atoms with van der Waals surface area (Å²) in [6.07, 6.45) is 0. The Morgan fingerprint density at radius 1 is 1.14 bits per heavy atom. The lowest BCUT2D eigenvalue weighted by Gasteiger charge is -2.22. The fourth-order valence-electron chi connectivity index (χ4n) is 2.03. The van der Waals surface area contributed by atoms with Gasteiger partial charge in [-0.15, -0.1) is 0 Å². The SMILES string of the molecule is COCc1nc(N)cc(Oc2ccccc2C(C)(C)C)n1. The zero-order valence-electron chi connectivity index (χ0n) is 12.9. The van der Waals surface area contributed by atoms with Crippen LogP contribution in [0, 0.1) is 0 Å². The van der Waals surface area contributed by atoms with Crippen LogP contribution in [0.5, 0.6) is 11.6 Å². The number of aromatic nitrogens is 2. The van der Waals surface area contributed by atoms with Crippen LogP contribution in [0.4, 0.5) is 5.82 Å². The van der Waals surface area contributed by atoms with Gasteiger partial charge in [-0.25, -0.2) is 4.98 Å². The first kappa shape index (κ1) is 15.3. The lowest BCUT2D eigenvalue weighted by Crippen LogP contribution is -2.12. The maximum atomic E-state index is 5.92. The van der Waals surface area contributed by atoms with Crippen LogP contribution < -0.4 is 10.5 Å². The lowest BCUT2D eigenvalue weighted by atomic mass is 9.86. The molecule has 0 bridgehead atoms. The third-order valence-corrected chi connectivity index (χ3v) is 2.95. The van der Waals surface area contributed by atoms with Crippen LogP contribution in [0.15, 0.2) is 30.3 Å². The molecule has 0 aliphatic heterocycles. The molecule has 0 radical (unpaired) electrons. The van der Waals surface area contributed by atoms with Crippen molar-refractivity contribution in [2.45, 2.75) is 32.8 Å². The molecular formula is C16H21N3O2. The van der Waals surface area contributed by atoms with E-state index in [1.54, 1.807) is 13.2 Å². The van der Waals surface area contributed by atoms with Gasteiger partial charge in [-0.2, -0.15) is 4.98 Å². The minimum Gasteiger partial charge on any atom is -0.439 e. The van der Waals surface area contributed by atoms with E-state index in [0.29, 0.717) is 24.1 Å². The number of nitrogens with two attached hydrogens (primary N) is 1. The predicted octanol–water partition coefficient (Wildman–Crippen LogP) is 3.30. The number of rotatable bonds is 4. The van der Waals surface area contributed by atoms with Gasteiger partial charge in [0.05, 0.1) is 0 Å². The summed E-state index contributed by atoms with van der Waals surface area (Å²) < 4.78 is 10.9. The minimum absolute atomic E-state index is 0.0233. The Morgan fingerprint density at radius 3 is 2.52 bits per heavy atom. The number of methoxy groups -OCH3 is 1. The molecule has 2 rings (SSSR count). The Balaban J connectivity index is 2.35. The Kier molecular flexibility index (Phi) is 4.43. The molecule has 5 nitrogen and oxygen atoms in total. The van der Waals surface area contributed by atoms with Crippen molar-refractivity contribution in [3.8, 4) is 11.6 Å². The second kappa shape index (κ2) is 6.10. The van der Waals surface area contributed by atoms with E-state index in [-0.39, 0.29) is 5.41 Å². The molecule has 0 amide bonds. The molecule has 0 aliphatic carbocycles. The molecule has 0 atom stereocenters. The molecule has 2 aromatic rings. The van der Waals surface area contributed by atoms with Gasteiger partial charge in [0, 0.05) is 18.7 Å². The summed E-state index contributed by atoms with van der Waals surface area (Å²) in [7, 11) is 1.59. The number of anilines is 1. The smallest absolute Gasteiger partial charge is 0.224 e. The summed E-state index contributed by atoms with van der Waals surface area (Å²) in [4.78, 5) is 8.40. The fourth-order valence-corrected chi connectivity index (χ4v) is 2.03. The first-order chi connectivity index (χ1) is 9.90. The van der Waals surface area contributed by atoms with Gasteiger partial charge in [0.25, 0.3) is 0 Å². The number of hydrogen-bond donors (Lipinski definition) is 1. The normalized spacial score (nSPS) is 11.4. The van der Waals surface area contributed by atoms with Gasteiger partial charge in [-0.1, -0.05) is 39.0 Å². The van der Waals surface area contributed by atoms with Crippen LogP contribution in [0.2, 0.25) is 0 Å². The Labute approximate surface area is 125 Å². The molecule has 1 heterocycles. The quantitative estimate of drug-likeness (QED) is 0.934. The standard InChI is InChI=1S/C16H21N3O2/c1-16(2,3)11-7-5-6-8-12(11)21-15-9-13(17)18-14(19-15)10-20-4/h5-9H,10H2,1-4H3,(H2,17,18,19). The zero-order valence-corrected chi connectivity index (χ0v) is 12.9. The molecule has 0 aliphatic rings. The van der Waals surface area contributed by atoms with Gasteiger partial charge >= 0.3 is 0 Å². The molecule has 21 heavy (non-hydrogen) atoms. The predicted molar refractivity (Wildman–Crippen MR) is 82.4 cm³/mol. The highest BCUT2D eigenvalue weighted by Gasteiger charge is 2.19. The minimum atomic E-state index is -0.0233. The number of nitrogens with zero attached hydrogens (tertiary/aromatic N) is 2. The first-order valence-corrected chi connectivity index (χ1v) is 6.80. The van der Waals surface area contributed by atoms with Gasteiger partial charge in [-0.05, 0) is 11.5 Å². The summed E-state index contributed by atoms with van der Waals surface area (Å²) in [5.74, 6) is 2.05. The summed E-state index contributed by atoms with van der Waals surface area (Å²) in [6.45, 7) is 6.71. The van der Waals surface area contributed by atoms with Crippen LogP contribution in [0.25, 0.3) is 0 Å². The van der Waals surface area contributed by atoms with E-state index in [1.165, 1.54) is 0 Å². The van der Waals surface area contributed by atoms with Gasteiger partial charge in [0.15, 0.2) is 5.82 Å². The first-order valence-electron chi connectivity index (χ1n) is 6.80. The molecule has 0 saturated heterocycles. The van der Waals surface area contributed by atoms with E-state index in [2.05, 4.69) is 36.8 Å². The van der Waals surface area contributed by atoms with E-state index in [4.69, 9.17) is 15.2 Å². The Hall–Kier alpha value is -2.14. The van der Waals surface area contributed by atoms with E-state index >= 15 is 0 Å². The molecule has 1 aromatic carbocycles. The fraction of sp³-hybridized carbons (Fsp3) is 0.375. The molecular weight excluding hydrogens is 266 g/mol. The summed E-state index contributed by atoms with van der Waals surface area (Å²) >= 11 is 0. The van der Waals surface area contributed by atoms with Crippen molar-refractivity contribution >= 4 is 5.82 Å². The highest BCUT2D eigenvalue weighted by atomic mass is 16.5. The third kappa shape index (κ3) is 3.92. The molecule has 0 unspecified atom stereocenters. The van der Waals surface area contributed by atoms with Gasteiger partial charge in [-0.3, -0.25) is 0 Å². The maximum Gasteiger partial charge on any atom is 0.224 e. The largest absolute Gasteiger partial charge is 0.439 e. The van der Waals surface area contributed by atoms with E-state index in [1.807, 2.05) is 18.2 Å². The Morgan fingerprint density at radius 2 is 1.86 bits per heavy atom. The Bertz CT molecular complexity index is 621. The average molecular weight is 287 g/mol. The number of ether oxygens (including phenoxy) is 2. The van der Waals surface area contributed by atoms with Crippen LogP contribution in [0.3, 0.4) is 0 Å². The second-order valence-corrected chi connectivity index (χ2v) is 5.83. The number of para-hydroxylation sites is 1. The van der Waals surface area contributed by atoms with Crippen LogP contribution in [-0.4, -0.2) is 17.1 Å². The topological polar surface area (TPSA) is 70.3 Å². The molecule has 112 valence electrons. The highest BCUT2D eigenvalue weighted by Crippen LogP contribution is 2.33. The molecule has 0 saturated carbocycles. The average Bonchev–Trinajstić information content (AvgIpc) is 2.37. The summed E-state index contributed by atoms with van der Waals surface area (Å²) in [6, 6.07) is 9.52. The summed E-state index contributed by atoms with van der Waals surface area (Å²) in [5, 5.41) is 0. The lowest BCUT2D eigenvalue weighted by molar-refractivity contribution is 0.177. The zero-order chi connectivity index (χ0) is 15.5. The van der Waals surface area contributed by atoms with Crippen LogP contribution in [0.1, 0.15) is 32.2 Å². The molecule has 0 fully saturated rings. The number of hydrogen-bond acceptors (Lipinski definition) is 5. The summed E-state index contributed by atoms with van der Waals surface area (Å²) in [5.41, 5.74) is 6.86. The molecule has 0 spiro atoms. The monoisotopic (exact) mass is 287 g/mol. The van der Waals surface area contributed by atoms with E-state index < -0.39 is 0 Å². The van der Waals surface area contributed by atoms with Gasteiger partial charge in [0.2, 0.25) is 5.88 Å². The second-order valence-electron chi connectivity index (χ2n) is 5.83. The highest BCUT2D eigenvalue weighted by molar-refractivity contribution is 5.42. The van der Waals surface area contributed by atoms with Crippen molar-refractivity contribution < 1.29 is 9.47 Å². The number of nitrogen functional groups attached to an aromatic ring is 1. The van der Waals surface area contributed by atoms with Crippen molar-refractivity contribution in [1.29, 1.82) is 0 Å². The number of benzene rings is 1. The molecule has 1 aromatic heterocycles. The molecule has 5 heteroatoms. The van der Waals surface area contributed by atoms with Gasteiger partial charge in [0.1, 0.15) is 18.2 Å². The van der Waals surface area contributed by atoms with Crippen molar-refractivity contribution in [2.75, 3.05) is 12.8 Å².